The molecule has 2 heterocycles. The fourth-order valence-corrected chi connectivity index (χ4v) is 4.83. The van der Waals surface area contributed by atoms with Gasteiger partial charge in [-0.05, 0) is 6.92 Å². The second kappa shape index (κ2) is 5.58. The standard InChI is InChI=1S/C12H18N4OS2/c1-5-9(11(14)17)10(13)16-12(15-5)8-4-18-6(2)7(3)19-8/h6-8H,4H2,1-3H3,(H2,14,17)(H2,13,15,16). The van der Waals surface area contributed by atoms with E-state index in [0.717, 1.165) is 5.75 Å². The second-order valence-corrected chi connectivity index (χ2v) is 7.66. The minimum absolute atomic E-state index is 0.187. The number of carbonyl (C=O) groups excluding carboxylic acids is 1. The normalized spacial score (nSPS) is 27.2. The van der Waals surface area contributed by atoms with Crippen molar-refractivity contribution in [3.63, 3.8) is 0 Å². The van der Waals surface area contributed by atoms with Crippen LogP contribution >= 0.6 is 23.5 Å². The van der Waals surface area contributed by atoms with Gasteiger partial charge in [-0.25, -0.2) is 9.97 Å². The van der Waals surface area contributed by atoms with Crippen molar-refractivity contribution in [1.82, 2.24) is 9.97 Å². The quantitative estimate of drug-likeness (QED) is 0.864. The first kappa shape index (κ1) is 14.5. The van der Waals surface area contributed by atoms with Gasteiger partial charge >= 0.3 is 0 Å². The van der Waals surface area contributed by atoms with Crippen LogP contribution in [0.25, 0.3) is 0 Å². The number of aryl methyl sites for hydroxylation is 1. The van der Waals surface area contributed by atoms with Gasteiger partial charge in [-0.1, -0.05) is 13.8 Å². The van der Waals surface area contributed by atoms with E-state index in [2.05, 4.69) is 23.8 Å². The van der Waals surface area contributed by atoms with Crippen molar-refractivity contribution in [1.29, 1.82) is 0 Å². The van der Waals surface area contributed by atoms with Gasteiger partial charge in [0.05, 0.1) is 10.9 Å². The number of thioether (sulfide) groups is 2. The van der Waals surface area contributed by atoms with Crippen LogP contribution in [-0.2, 0) is 0 Å². The zero-order chi connectivity index (χ0) is 14.2. The van der Waals surface area contributed by atoms with Gasteiger partial charge in [-0.15, -0.1) is 11.8 Å². The van der Waals surface area contributed by atoms with Gasteiger partial charge in [0.25, 0.3) is 5.91 Å². The van der Waals surface area contributed by atoms with Gasteiger partial charge in [0.15, 0.2) is 0 Å². The molecule has 5 nitrogen and oxygen atoms in total. The first-order valence-corrected chi connectivity index (χ1v) is 8.10. The summed E-state index contributed by atoms with van der Waals surface area (Å²) in [7, 11) is 0. The largest absolute Gasteiger partial charge is 0.383 e. The predicted octanol–water partition coefficient (Wildman–Crippen LogP) is 1.76. The van der Waals surface area contributed by atoms with Crippen molar-refractivity contribution < 1.29 is 4.79 Å². The highest BCUT2D eigenvalue weighted by atomic mass is 32.2. The molecule has 2 rings (SSSR count). The third kappa shape index (κ3) is 2.97. The number of carbonyl (C=O) groups is 1. The lowest BCUT2D eigenvalue weighted by molar-refractivity contribution is 0.1000. The Balaban J connectivity index is 2.29. The molecule has 1 amide bonds. The number of aromatic nitrogens is 2. The number of primary amides is 1. The molecule has 3 atom stereocenters. The monoisotopic (exact) mass is 298 g/mol. The van der Waals surface area contributed by atoms with E-state index in [0.29, 0.717) is 22.0 Å². The Morgan fingerprint density at radius 3 is 2.53 bits per heavy atom. The molecule has 7 heteroatoms. The highest BCUT2D eigenvalue weighted by Crippen LogP contribution is 2.43. The molecular weight excluding hydrogens is 280 g/mol. The maximum absolute atomic E-state index is 11.3. The Labute approximate surface area is 121 Å². The van der Waals surface area contributed by atoms with Crippen molar-refractivity contribution in [2.24, 2.45) is 5.73 Å². The molecular formula is C12H18N4OS2. The Bertz CT molecular complexity index is 485. The molecule has 1 aromatic heterocycles. The summed E-state index contributed by atoms with van der Waals surface area (Å²) in [5.41, 5.74) is 11.9. The van der Waals surface area contributed by atoms with Gasteiger partial charge in [0.1, 0.15) is 17.2 Å². The van der Waals surface area contributed by atoms with E-state index < -0.39 is 5.91 Å². The fraction of sp³-hybridized carbons (Fsp3) is 0.583. The Morgan fingerprint density at radius 2 is 2.00 bits per heavy atom. The Hall–Kier alpha value is -0.950. The summed E-state index contributed by atoms with van der Waals surface area (Å²) in [5, 5.41) is 1.40. The second-order valence-electron chi connectivity index (χ2n) is 4.66. The number of nitrogens with two attached hydrogens (primary N) is 2. The first-order chi connectivity index (χ1) is 8.90. The van der Waals surface area contributed by atoms with Crippen LogP contribution in [0.15, 0.2) is 0 Å². The van der Waals surface area contributed by atoms with Crippen LogP contribution in [0.1, 0.15) is 41.0 Å². The first-order valence-electron chi connectivity index (χ1n) is 6.11. The highest BCUT2D eigenvalue weighted by Gasteiger charge is 2.29. The summed E-state index contributed by atoms with van der Waals surface area (Å²) in [6.45, 7) is 6.19. The van der Waals surface area contributed by atoms with E-state index in [1.165, 1.54) is 0 Å². The molecule has 0 aromatic carbocycles. The lowest BCUT2D eigenvalue weighted by Gasteiger charge is -2.30. The molecule has 104 valence electrons. The van der Waals surface area contributed by atoms with Crippen LogP contribution in [0.2, 0.25) is 0 Å². The summed E-state index contributed by atoms with van der Waals surface area (Å²) < 4.78 is 0. The van der Waals surface area contributed by atoms with Crippen molar-refractivity contribution >= 4 is 35.2 Å². The molecule has 4 N–H and O–H groups in total. The molecule has 0 radical (unpaired) electrons. The fourth-order valence-electron chi connectivity index (χ4n) is 1.99. The number of hydrogen-bond acceptors (Lipinski definition) is 6. The molecule has 3 unspecified atom stereocenters. The number of amides is 1. The zero-order valence-corrected chi connectivity index (χ0v) is 12.8. The van der Waals surface area contributed by atoms with Crippen molar-refractivity contribution in [3.05, 3.63) is 17.1 Å². The molecule has 0 saturated carbocycles. The van der Waals surface area contributed by atoms with Gasteiger partial charge < -0.3 is 11.5 Å². The van der Waals surface area contributed by atoms with Gasteiger partial charge in [-0.2, -0.15) is 11.8 Å². The van der Waals surface area contributed by atoms with Crippen LogP contribution in [0.3, 0.4) is 0 Å². The van der Waals surface area contributed by atoms with Gasteiger partial charge in [-0.3, -0.25) is 4.79 Å². The smallest absolute Gasteiger partial charge is 0.254 e. The summed E-state index contributed by atoms with van der Waals surface area (Å²) in [5.74, 6) is 1.28. The summed E-state index contributed by atoms with van der Waals surface area (Å²) in [6.07, 6.45) is 0. The van der Waals surface area contributed by atoms with Crippen molar-refractivity contribution in [2.75, 3.05) is 11.5 Å². The maximum Gasteiger partial charge on any atom is 0.254 e. The summed E-state index contributed by atoms with van der Waals surface area (Å²) in [4.78, 5) is 20.0. The van der Waals surface area contributed by atoms with Gasteiger partial charge in [0.2, 0.25) is 0 Å². The minimum atomic E-state index is -0.575. The number of nitrogens with zero attached hydrogens (tertiary/aromatic N) is 2. The third-order valence-electron chi connectivity index (χ3n) is 3.22. The van der Waals surface area contributed by atoms with Crippen LogP contribution in [-0.4, -0.2) is 32.1 Å². The molecule has 1 aromatic rings. The van der Waals surface area contributed by atoms with Crippen LogP contribution in [0.5, 0.6) is 0 Å². The molecule has 0 spiro atoms. The van der Waals surface area contributed by atoms with E-state index >= 15 is 0 Å². The van der Waals surface area contributed by atoms with Crippen molar-refractivity contribution in [2.45, 2.75) is 36.5 Å². The highest BCUT2D eigenvalue weighted by molar-refractivity contribution is 8.07. The average molecular weight is 298 g/mol. The zero-order valence-electron chi connectivity index (χ0n) is 11.2. The predicted molar refractivity (Wildman–Crippen MR) is 81.4 cm³/mol. The lowest BCUT2D eigenvalue weighted by atomic mass is 10.2. The average Bonchev–Trinajstić information content (AvgIpc) is 2.31. The molecule has 0 bridgehead atoms. The van der Waals surface area contributed by atoms with Crippen molar-refractivity contribution in [3.8, 4) is 0 Å². The number of nitrogen functional groups attached to an aromatic ring is 1. The Kier molecular flexibility index (Phi) is 4.25. The summed E-state index contributed by atoms with van der Waals surface area (Å²) in [6, 6.07) is 0. The topological polar surface area (TPSA) is 94.9 Å². The molecule has 1 aliphatic rings. The number of hydrogen-bond donors (Lipinski definition) is 2. The number of anilines is 1. The van der Waals surface area contributed by atoms with Crippen LogP contribution in [0, 0.1) is 6.92 Å². The van der Waals surface area contributed by atoms with E-state index in [-0.39, 0.29) is 16.6 Å². The van der Waals surface area contributed by atoms with Gasteiger partial charge in [0, 0.05) is 16.3 Å². The third-order valence-corrected chi connectivity index (χ3v) is 6.61. The van der Waals surface area contributed by atoms with E-state index in [1.807, 2.05) is 23.5 Å². The number of rotatable bonds is 2. The molecule has 1 saturated heterocycles. The van der Waals surface area contributed by atoms with E-state index in [1.54, 1.807) is 6.92 Å². The minimum Gasteiger partial charge on any atom is -0.383 e. The molecule has 19 heavy (non-hydrogen) atoms. The maximum atomic E-state index is 11.3. The van der Waals surface area contributed by atoms with Crippen LogP contribution in [0.4, 0.5) is 5.82 Å². The SMILES string of the molecule is Cc1nc(C2CSC(C)C(C)S2)nc(N)c1C(N)=O. The molecule has 1 fully saturated rings. The van der Waals surface area contributed by atoms with E-state index in [4.69, 9.17) is 11.5 Å². The van der Waals surface area contributed by atoms with Crippen LogP contribution < -0.4 is 11.5 Å². The lowest BCUT2D eigenvalue weighted by Crippen LogP contribution is -2.24. The van der Waals surface area contributed by atoms with E-state index in [9.17, 15) is 4.79 Å². The Morgan fingerprint density at radius 1 is 1.32 bits per heavy atom. The molecule has 1 aliphatic heterocycles. The summed E-state index contributed by atoms with van der Waals surface area (Å²) >= 11 is 3.78. The molecule has 0 aliphatic carbocycles.